The first-order chi connectivity index (χ1) is 27.0. The highest BCUT2D eigenvalue weighted by atomic mass is 31.2. The van der Waals surface area contributed by atoms with Crippen molar-refractivity contribution in [1.82, 2.24) is 0 Å². The molecule has 2 atom stereocenters. The summed E-state index contributed by atoms with van der Waals surface area (Å²) in [7, 11) is 1.11. The summed E-state index contributed by atoms with van der Waals surface area (Å²) < 4.78 is 33.7. The van der Waals surface area contributed by atoms with Crippen LogP contribution in [0.3, 0.4) is 0 Å². The Morgan fingerprint density at radius 3 is 1.52 bits per heavy atom. The van der Waals surface area contributed by atoms with E-state index in [1.807, 2.05) is 33.3 Å². The van der Waals surface area contributed by atoms with Crippen LogP contribution in [-0.4, -0.2) is 70.0 Å². The summed E-state index contributed by atoms with van der Waals surface area (Å²) in [5.41, 5.74) is 0. The van der Waals surface area contributed by atoms with E-state index < -0.39 is 32.5 Å². The van der Waals surface area contributed by atoms with E-state index in [1.54, 1.807) is 6.08 Å². The summed E-state index contributed by atoms with van der Waals surface area (Å²) >= 11 is 0. The molecule has 0 N–H and O–H groups in total. The van der Waals surface area contributed by atoms with E-state index in [0.717, 1.165) is 38.5 Å². The maximum absolute atomic E-state index is 12.6. The van der Waals surface area contributed by atoms with Crippen molar-refractivity contribution >= 4 is 19.8 Å². The van der Waals surface area contributed by atoms with Crippen molar-refractivity contribution in [2.75, 3.05) is 47.5 Å². The molecule has 0 heterocycles. The maximum atomic E-state index is 12.6. The summed E-state index contributed by atoms with van der Waals surface area (Å²) in [5.74, 6) is -1.09. The van der Waals surface area contributed by atoms with Crippen molar-refractivity contribution in [2.45, 2.75) is 200 Å². The first-order valence-electron chi connectivity index (χ1n) is 22.7. The van der Waals surface area contributed by atoms with Crippen molar-refractivity contribution in [3.63, 3.8) is 0 Å². The summed E-state index contributed by atoms with van der Waals surface area (Å²) in [6, 6.07) is 0. The molecule has 0 aliphatic carbocycles. The van der Waals surface area contributed by atoms with Gasteiger partial charge in [-0.25, -0.2) is 4.79 Å². The van der Waals surface area contributed by atoms with Crippen LogP contribution >= 0.6 is 7.82 Å². The Morgan fingerprint density at radius 2 is 1.04 bits per heavy atom. The molecule has 9 nitrogen and oxygen atoms in total. The van der Waals surface area contributed by atoms with Crippen molar-refractivity contribution < 1.29 is 42.1 Å². The zero-order valence-corrected chi connectivity index (χ0v) is 37.7. The van der Waals surface area contributed by atoms with Crippen molar-refractivity contribution in [3.8, 4) is 0 Å². The lowest BCUT2D eigenvalue weighted by Gasteiger charge is -2.28. The number of rotatable bonds is 41. The minimum atomic E-state index is -4.65. The topological polar surface area (TPSA) is 111 Å². The van der Waals surface area contributed by atoms with Gasteiger partial charge in [-0.05, 0) is 44.9 Å². The molecule has 0 aliphatic rings. The number of carbonyl (C=O) groups is 2. The van der Waals surface area contributed by atoms with E-state index in [-0.39, 0.29) is 19.6 Å². The van der Waals surface area contributed by atoms with Crippen LogP contribution in [-0.2, 0) is 32.7 Å². The van der Waals surface area contributed by atoms with E-state index in [1.165, 1.54) is 134 Å². The zero-order chi connectivity index (χ0) is 41.4. The van der Waals surface area contributed by atoms with Crippen LogP contribution in [0.2, 0.25) is 0 Å². The maximum Gasteiger partial charge on any atom is 0.331 e. The largest absolute Gasteiger partial charge is 0.756 e. The number of ether oxygens (including phenoxy) is 2. The molecule has 0 fully saturated rings. The minimum absolute atomic E-state index is 0.0469. The van der Waals surface area contributed by atoms with Gasteiger partial charge in [-0.1, -0.05) is 173 Å². The number of likely N-dealkylation sites (N-methyl/N-ethyl adjacent to an activating group) is 1. The van der Waals surface area contributed by atoms with Gasteiger partial charge in [0, 0.05) is 12.5 Å². The molecule has 0 radical (unpaired) electrons. The smallest absolute Gasteiger partial charge is 0.331 e. The van der Waals surface area contributed by atoms with Crippen molar-refractivity contribution in [2.24, 2.45) is 0 Å². The van der Waals surface area contributed by atoms with Crippen LogP contribution < -0.4 is 4.89 Å². The first-order valence-corrected chi connectivity index (χ1v) is 24.2. The third-order valence-corrected chi connectivity index (χ3v) is 10.7. The Balaban J connectivity index is 4.43. The summed E-state index contributed by atoms with van der Waals surface area (Å²) in [4.78, 5) is 37.4. The monoisotopic (exact) mass is 812 g/mol. The second-order valence-electron chi connectivity index (χ2n) is 16.5. The lowest BCUT2D eigenvalue weighted by atomic mass is 10.1. The number of phosphoric ester groups is 1. The lowest BCUT2D eigenvalue weighted by Crippen LogP contribution is -2.37. The Hall–Kier alpha value is -1.77. The standard InChI is InChI=1S/C46H86NO8P/c1-6-8-10-12-14-16-18-20-22-23-25-26-28-30-32-34-36-38-45(48)52-42-44(43-54-56(50,51)53-41-40-47(3,4)5)55-46(49)39-37-35-33-31-29-27-24-21-19-17-15-13-11-9-7-2/h20,22,33,35,37,39,44H,6-19,21,23-32,34,36,38,40-43H2,1-5H3/b22-20+,35-33+,39-37+/t44-/m1/s1. The molecule has 56 heavy (non-hydrogen) atoms. The third kappa shape index (κ3) is 41.9. The zero-order valence-electron chi connectivity index (χ0n) is 36.8. The average Bonchev–Trinajstić information content (AvgIpc) is 3.15. The van der Waals surface area contributed by atoms with Gasteiger partial charge in [0.05, 0.1) is 27.7 Å². The van der Waals surface area contributed by atoms with Gasteiger partial charge >= 0.3 is 11.9 Å². The third-order valence-electron chi connectivity index (χ3n) is 9.74. The molecule has 1 unspecified atom stereocenters. The van der Waals surface area contributed by atoms with Crippen LogP contribution in [0.15, 0.2) is 36.5 Å². The van der Waals surface area contributed by atoms with Gasteiger partial charge in [0.15, 0.2) is 6.10 Å². The Bertz CT molecular complexity index is 1050. The highest BCUT2D eigenvalue weighted by Crippen LogP contribution is 2.38. The number of quaternary nitrogens is 1. The lowest BCUT2D eigenvalue weighted by molar-refractivity contribution is -0.870. The number of unbranched alkanes of at least 4 members (excludes halogenated alkanes) is 24. The Kier molecular flexibility index (Phi) is 37.5. The summed E-state index contributed by atoms with van der Waals surface area (Å²) in [5, 5.41) is 0. The molecule has 0 aromatic rings. The normalized spacial score (nSPS) is 13.9. The van der Waals surface area contributed by atoms with E-state index in [2.05, 4.69) is 26.0 Å². The number of allylic oxidation sites excluding steroid dienone is 5. The fourth-order valence-corrected chi connectivity index (χ4v) is 6.87. The molecular formula is C46H86NO8P. The molecule has 0 rings (SSSR count). The van der Waals surface area contributed by atoms with Crippen LogP contribution in [0.4, 0.5) is 0 Å². The molecular weight excluding hydrogens is 725 g/mol. The molecule has 328 valence electrons. The molecule has 0 saturated heterocycles. The van der Waals surface area contributed by atoms with Crippen molar-refractivity contribution in [3.05, 3.63) is 36.5 Å². The van der Waals surface area contributed by atoms with Gasteiger partial charge in [-0.3, -0.25) is 9.36 Å². The quantitative estimate of drug-likeness (QED) is 0.0114. The first kappa shape index (κ1) is 54.2. The second-order valence-corrected chi connectivity index (χ2v) is 17.9. The second kappa shape index (κ2) is 38.7. The summed E-state index contributed by atoms with van der Waals surface area (Å²) in [6.45, 7) is 4.10. The van der Waals surface area contributed by atoms with Crippen LogP contribution in [0.25, 0.3) is 0 Å². The molecule has 0 aliphatic heterocycles. The average molecular weight is 812 g/mol. The van der Waals surface area contributed by atoms with Crippen molar-refractivity contribution in [1.29, 1.82) is 0 Å². The highest BCUT2D eigenvalue weighted by molar-refractivity contribution is 7.45. The van der Waals surface area contributed by atoms with Gasteiger partial charge in [0.1, 0.15) is 19.8 Å². The minimum Gasteiger partial charge on any atom is -0.756 e. The van der Waals surface area contributed by atoms with E-state index in [0.29, 0.717) is 17.4 Å². The molecule has 0 bridgehead atoms. The number of phosphoric acid groups is 1. The predicted octanol–water partition coefficient (Wildman–Crippen LogP) is 12.3. The fraction of sp³-hybridized carbons (Fsp3) is 0.826. The van der Waals surface area contributed by atoms with Crippen LogP contribution in [0.5, 0.6) is 0 Å². The summed E-state index contributed by atoms with van der Waals surface area (Å²) in [6.07, 6.45) is 43.7. The number of esters is 2. The number of hydrogen-bond acceptors (Lipinski definition) is 8. The van der Waals surface area contributed by atoms with Gasteiger partial charge in [0.25, 0.3) is 7.82 Å². The Labute approximate surface area is 344 Å². The van der Waals surface area contributed by atoms with Gasteiger partial charge < -0.3 is 27.9 Å². The van der Waals surface area contributed by atoms with E-state index >= 15 is 0 Å². The molecule has 0 aromatic carbocycles. The van der Waals surface area contributed by atoms with Gasteiger partial charge in [-0.15, -0.1) is 0 Å². The van der Waals surface area contributed by atoms with Gasteiger partial charge in [0.2, 0.25) is 0 Å². The highest BCUT2D eigenvalue weighted by Gasteiger charge is 2.21. The molecule has 0 aromatic heterocycles. The van der Waals surface area contributed by atoms with Gasteiger partial charge in [-0.2, -0.15) is 0 Å². The molecule has 0 spiro atoms. The van der Waals surface area contributed by atoms with E-state index in [4.69, 9.17) is 18.5 Å². The number of carbonyl (C=O) groups excluding carboxylic acids is 2. The molecule has 0 amide bonds. The Morgan fingerprint density at radius 1 is 0.589 bits per heavy atom. The van der Waals surface area contributed by atoms with Crippen LogP contribution in [0, 0.1) is 0 Å². The SMILES string of the molecule is CCCCCCCC/C=C/CCCCCCCCCC(=O)OC[C@H](COP(=O)([O-])OCC[N+](C)(C)C)OC(=O)/C=C/C=C/CCCCCCCCCCCCC. The predicted molar refractivity (Wildman–Crippen MR) is 231 cm³/mol. The number of hydrogen-bond donors (Lipinski definition) is 0. The number of nitrogens with zero attached hydrogens (tertiary/aromatic N) is 1. The van der Waals surface area contributed by atoms with E-state index in [9.17, 15) is 19.0 Å². The molecule has 0 saturated carbocycles. The fourth-order valence-electron chi connectivity index (χ4n) is 6.14. The molecule has 10 heteroatoms. The van der Waals surface area contributed by atoms with Crippen LogP contribution in [0.1, 0.15) is 194 Å².